The molecule has 0 aliphatic heterocycles. The van der Waals surface area contributed by atoms with Crippen LogP contribution < -0.4 is 0 Å². The Hall–Kier alpha value is -1.68. The summed E-state index contributed by atoms with van der Waals surface area (Å²) in [6, 6.07) is 5.53. The zero-order valence-electron chi connectivity index (χ0n) is 10.0. The lowest BCUT2D eigenvalue weighted by Gasteiger charge is -2.10. The van der Waals surface area contributed by atoms with E-state index in [4.69, 9.17) is 11.6 Å². The number of nitrogens with zero attached hydrogens (tertiary/aromatic N) is 2. The Balaban J connectivity index is 2.48. The SMILES string of the molecule is CC(C)n1nccc1C(=O)c1cc(Cl)ccc1F. The number of rotatable bonds is 3. The molecule has 1 aromatic carbocycles. The van der Waals surface area contributed by atoms with Crippen LogP contribution in [0.2, 0.25) is 5.02 Å². The average molecular weight is 267 g/mol. The van der Waals surface area contributed by atoms with Crippen molar-refractivity contribution >= 4 is 17.4 Å². The van der Waals surface area contributed by atoms with E-state index in [1.807, 2.05) is 13.8 Å². The molecule has 0 fully saturated rings. The lowest BCUT2D eigenvalue weighted by atomic mass is 10.1. The van der Waals surface area contributed by atoms with Gasteiger partial charge in [-0.1, -0.05) is 11.6 Å². The Morgan fingerprint density at radius 2 is 2.11 bits per heavy atom. The molecular formula is C13H12ClFN2O. The van der Waals surface area contributed by atoms with Gasteiger partial charge in [-0.15, -0.1) is 0 Å². The summed E-state index contributed by atoms with van der Waals surface area (Å²) in [7, 11) is 0. The van der Waals surface area contributed by atoms with Gasteiger partial charge in [-0.25, -0.2) is 4.39 Å². The fraction of sp³-hybridized carbons (Fsp3) is 0.231. The molecule has 0 N–H and O–H groups in total. The third-order valence-electron chi connectivity index (χ3n) is 2.57. The number of aromatic nitrogens is 2. The van der Waals surface area contributed by atoms with Crippen LogP contribution in [0.5, 0.6) is 0 Å². The minimum Gasteiger partial charge on any atom is -0.287 e. The summed E-state index contributed by atoms with van der Waals surface area (Å²) < 4.78 is 15.2. The highest BCUT2D eigenvalue weighted by atomic mass is 35.5. The topological polar surface area (TPSA) is 34.9 Å². The van der Waals surface area contributed by atoms with E-state index in [1.54, 1.807) is 10.7 Å². The van der Waals surface area contributed by atoms with E-state index in [9.17, 15) is 9.18 Å². The maximum atomic E-state index is 13.6. The monoisotopic (exact) mass is 266 g/mol. The van der Waals surface area contributed by atoms with Gasteiger partial charge in [0.05, 0.1) is 5.56 Å². The molecular weight excluding hydrogens is 255 g/mol. The molecule has 0 atom stereocenters. The molecule has 0 unspecified atom stereocenters. The third-order valence-corrected chi connectivity index (χ3v) is 2.80. The maximum absolute atomic E-state index is 13.6. The summed E-state index contributed by atoms with van der Waals surface area (Å²) in [5, 5.41) is 4.38. The van der Waals surface area contributed by atoms with Crippen molar-refractivity contribution < 1.29 is 9.18 Å². The Bertz CT molecular complexity index is 592. The molecule has 0 amide bonds. The van der Waals surface area contributed by atoms with Crippen molar-refractivity contribution in [3.8, 4) is 0 Å². The van der Waals surface area contributed by atoms with Crippen LogP contribution in [-0.2, 0) is 0 Å². The minimum atomic E-state index is -0.582. The maximum Gasteiger partial charge on any atom is 0.214 e. The molecule has 5 heteroatoms. The zero-order chi connectivity index (χ0) is 13.3. The lowest BCUT2D eigenvalue weighted by Crippen LogP contribution is -2.14. The second-order valence-electron chi connectivity index (χ2n) is 4.21. The Morgan fingerprint density at radius 1 is 1.39 bits per heavy atom. The molecule has 1 heterocycles. The summed E-state index contributed by atoms with van der Waals surface area (Å²) in [6.07, 6.45) is 1.52. The number of ketones is 1. The molecule has 0 spiro atoms. The number of hydrogen-bond acceptors (Lipinski definition) is 2. The van der Waals surface area contributed by atoms with Gasteiger partial charge in [0.1, 0.15) is 11.5 Å². The van der Waals surface area contributed by atoms with Crippen LogP contribution in [-0.4, -0.2) is 15.6 Å². The fourth-order valence-electron chi connectivity index (χ4n) is 1.72. The van der Waals surface area contributed by atoms with Crippen LogP contribution in [0.15, 0.2) is 30.5 Å². The van der Waals surface area contributed by atoms with Crippen molar-refractivity contribution in [3.63, 3.8) is 0 Å². The summed E-state index contributed by atoms with van der Waals surface area (Å²) in [6.45, 7) is 3.80. The third kappa shape index (κ3) is 2.29. The number of halogens is 2. The first-order valence-electron chi connectivity index (χ1n) is 5.54. The Labute approximate surface area is 109 Å². The number of carbonyl (C=O) groups is 1. The van der Waals surface area contributed by atoms with E-state index in [2.05, 4.69) is 5.10 Å². The molecule has 94 valence electrons. The van der Waals surface area contributed by atoms with E-state index in [0.717, 1.165) is 0 Å². The predicted octanol–water partition coefficient (Wildman–Crippen LogP) is 3.49. The van der Waals surface area contributed by atoms with Crippen molar-refractivity contribution in [2.24, 2.45) is 0 Å². The van der Waals surface area contributed by atoms with E-state index < -0.39 is 11.6 Å². The van der Waals surface area contributed by atoms with Crippen molar-refractivity contribution in [2.75, 3.05) is 0 Å². The molecule has 2 aromatic rings. The molecule has 0 bridgehead atoms. The van der Waals surface area contributed by atoms with Gasteiger partial charge in [0.2, 0.25) is 5.78 Å². The van der Waals surface area contributed by atoms with Crippen LogP contribution in [0.3, 0.4) is 0 Å². The molecule has 0 aliphatic carbocycles. The first-order chi connectivity index (χ1) is 8.50. The van der Waals surface area contributed by atoms with Crippen LogP contribution in [0, 0.1) is 5.82 Å². The zero-order valence-corrected chi connectivity index (χ0v) is 10.8. The average Bonchev–Trinajstić information content (AvgIpc) is 2.80. The van der Waals surface area contributed by atoms with Gasteiger partial charge >= 0.3 is 0 Å². The molecule has 0 saturated heterocycles. The molecule has 0 radical (unpaired) electrons. The normalized spacial score (nSPS) is 10.9. The second-order valence-corrected chi connectivity index (χ2v) is 4.64. The molecule has 0 saturated carbocycles. The smallest absolute Gasteiger partial charge is 0.214 e. The highest BCUT2D eigenvalue weighted by Gasteiger charge is 2.19. The molecule has 2 rings (SSSR count). The van der Waals surface area contributed by atoms with Crippen molar-refractivity contribution in [1.29, 1.82) is 0 Å². The molecule has 3 nitrogen and oxygen atoms in total. The first-order valence-corrected chi connectivity index (χ1v) is 5.91. The highest BCUT2D eigenvalue weighted by Crippen LogP contribution is 2.19. The Morgan fingerprint density at radius 3 is 2.78 bits per heavy atom. The van der Waals surface area contributed by atoms with Gasteiger partial charge < -0.3 is 0 Å². The highest BCUT2D eigenvalue weighted by molar-refractivity contribution is 6.31. The fourth-order valence-corrected chi connectivity index (χ4v) is 1.89. The van der Waals surface area contributed by atoms with Crippen LogP contribution in [0.25, 0.3) is 0 Å². The van der Waals surface area contributed by atoms with Crippen molar-refractivity contribution in [3.05, 3.63) is 52.6 Å². The molecule has 18 heavy (non-hydrogen) atoms. The Kier molecular flexibility index (Phi) is 3.48. The quantitative estimate of drug-likeness (QED) is 0.797. The minimum absolute atomic E-state index is 0.0289. The van der Waals surface area contributed by atoms with Crippen LogP contribution >= 0.6 is 11.6 Å². The largest absolute Gasteiger partial charge is 0.287 e. The summed E-state index contributed by atoms with van der Waals surface area (Å²) >= 11 is 5.78. The van der Waals surface area contributed by atoms with Gasteiger partial charge in [0, 0.05) is 17.3 Å². The van der Waals surface area contributed by atoms with E-state index >= 15 is 0 Å². The van der Waals surface area contributed by atoms with Gasteiger partial charge in [0.15, 0.2) is 0 Å². The second kappa shape index (κ2) is 4.90. The molecule has 1 aromatic heterocycles. The van der Waals surface area contributed by atoms with Gasteiger partial charge in [0.25, 0.3) is 0 Å². The van der Waals surface area contributed by atoms with E-state index in [-0.39, 0.29) is 11.6 Å². The van der Waals surface area contributed by atoms with Crippen LogP contribution in [0.4, 0.5) is 4.39 Å². The summed E-state index contributed by atoms with van der Waals surface area (Å²) in [5.41, 5.74) is 0.316. The van der Waals surface area contributed by atoms with Crippen LogP contribution in [0.1, 0.15) is 35.9 Å². The van der Waals surface area contributed by atoms with E-state index in [1.165, 1.54) is 24.4 Å². The molecule has 0 aliphatic rings. The number of carbonyl (C=O) groups excluding carboxylic acids is 1. The number of benzene rings is 1. The predicted molar refractivity (Wildman–Crippen MR) is 67.5 cm³/mol. The van der Waals surface area contributed by atoms with Gasteiger partial charge in [-0.2, -0.15) is 5.10 Å². The van der Waals surface area contributed by atoms with Gasteiger partial charge in [-0.3, -0.25) is 9.48 Å². The number of hydrogen-bond donors (Lipinski definition) is 0. The van der Waals surface area contributed by atoms with Gasteiger partial charge in [-0.05, 0) is 38.1 Å². The van der Waals surface area contributed by atoms with Crippen molar-refractivity contribution in [2.45, 2.75) is 19.9 Å². The lowest BCUT2D eigenvalue weighted by molar-refractivity contribution is 0.102. The van der Waals surface area contributed by atoms with E-state index in [0.29, 0.717) is 10.7 Å². The first kappa shape index (κ1) is 12.8. The summed E-state index contributed by atoms with van der Waals surface area (Å²) in [5.74, 6) is -0.998. The summed E-state index contributed by atoms with van der Waals surface area (Å²) in [4.78, 5) is 12.2. The van der Waals surface area contributed by atoms with Crippen molar-refractivity contribution in [1.82, 2.24) is 9.78 Å². The standard InChI is InChI=1S/C13H12ClFN2O/c1-8(2)17-12(5-6-16-17)13(18)10-7-9(14)3-4-11(10)15/h3-8H,1-2H3.